The molecule has 150 valence electrons. The fourth-order valence-corrected chi connectivity index (χ4v) is 5.59. The Morgan fingerprint density at radius 3 is 2.31 bits per heavy atom. The Labute approximate surface area is 154 Å². The van der Waals surface area contributed by atoms with Crippen LogP contribution in [0.25, 0.3) is 0 Å². The van der Waals surface area contributed by atoms with E-state index in [1.165, 1.54) is 7.11 Å². The molecular formula is C13H27B2O10P. The topological polar surface area (TPSA) is 125 Å². The molecule has 3 fully saturated rings. The van der Waals surface area contributed by atoms with Crippen LogP contribution in [0.1, 0.15) is 6.92 Å². The Kier molecular flexibility index (Phi) is 6.05. The van der Waals surface area contributed by atoms with Gasteiger partial charge in [-0.15, -0.1) is 0 Å². The summed E-state index contributed by atoms with van der Waals surface area (Å²) in [4.78, 5) is 21.3. The van der Waals surface area contributed by atoms with Gasteiger partial charge in [0.15, 0.2) is 0 Å². The number of hydrogen-bond donors (Lipinski definition) is 3. The average Bonchev–Trinajstić information content (AvgIpc) is 3.12. The van der Waals surface area contributed by atoms with Crippen molar-refractivity contribution < 1.29 is 47.4 Å². The molecule has 0 aliphatic carbocycles. The number of ether oxygens (including phenoxy) is 4. The number of rotatable bonds is 7. The minimum atomic E-state index is -5.30. The first-order valence-corrected chi connectivity index (χ1v) is 10.7. The van der Waals surface area contributed by atoms with Crippen LogP contribution >= 0.6 is 7.74 Å². The van der Waals surface area contributed by atoms with E-state index in [1.54, 1.807) is 22.6 Å². The quantitative estimate of drug-likeness (QED) is 0.304. The van der Waals surface area contributed by atoms with Gasteiger partial charge in [-0.3, -0.25) is 0 Å². The van der Waals surface area contributed by atoms with Crippen LogP contribution in [-0.4, -0.2) is 106 Å². The molecule has 3 saturated heterocycles. The molecule has 8 atom stereocenters. The van der Waals surface area contributed by atoms with Crippen molar-refractivity contribution in [3.8, 4) is 0 Å². The van der Waals surface area contributed by atoms with E-state index in [9.17, 15) is 14.9 Å². The molecular weight excluding hydrogens is 369 g/mol. The van der Waals surface area contributed by atoms with Crippen molar-refractivity contribution in [1.82, 2.24) is 0 Å². The van der Waals surface area contributed by atoms with E-state index in [0.717, 1.165) is 0 Å². The van der Waals surface area contributed by atoms with Crippen LogP contribution in [0, 0.1) is 0 Å². The molecule has 0 radical (unpaired) electrons. The predicted molar refractivity (Wildman–Crippen MR) is 94.8 cm³/mol. The molecule has 0 amide bonds. The molecule has 0 saturated carbocycles. The molecule has 0 aromatic heterocycles. The number of methoxy groups -OCH3 is 1. The van der Waals surface area contributed by atoms with Crippen LogP contribution < -0.4 is 0 Å². The molecule has 0 aromatic rings. The summed E-state index contributed by atoms with van der Waals surface area (Å²) in [6.45, 7) is 2.13. The summed E-state index contributed by atoms with van der Waals surface area (Å²) in [6.07, 6.45) is -4.05. The second kappa shape index (κ2) is 7.53. The van der Waals surface area contributed by atoms with E-state index in [1.807, 2.05) is 0 Å². The molecule has 3 rings (SSSR count). The van der Waals surface area contributed by atoms with Crippen LogP contribution in [0.5, 0.6) is 0 Å². The van der Waals surface area contributed by atoms with Crippen molar-refractivity contribution in [2.45, 2.75) is 55.6 Å². The average molecular weight is 396 g/mol. The predicted octanol–water partition coefficient (Wildman–Crippen LogP) is -2.97. The van der Waals surface area contributed by atoms with Crippen LogP contribution in [0.15, 0.2) is 0 Å². The van der Waals surface area contributed by atoms with Crippen molar-refractivity contribution in [1.29, 1.82) is 0 Å². The summed E-state index contributed by atoms with van der Waals surface area (Å²) in [7, 11) is -0.321. The Morgan fingerprint density at radius 2 is 1.65 bits per heavy atom. The number of fused-ring (bicyclic) bond motifs is 1. The SMILES string of the molecule is B[C@@H]1O[C@H](COP2(O)(O)OC3[C@@H](COC)O[C@@H](B)[C@H]3O2)C(OCC)[C@@H]1O. The summed E-state index contributed by atoms with van der Waals surface area (Å²) in [5.74, 6) is 0. The van der Waals surface area contributed by atoms with Gasteiger partial charge in [-0.25, -0.2) is 0 Å². The summed E-state index contributed by atoms with van der Waals surface area (Å²) < 4.78 is 38.0. The number of hydrogen-bond acceptors (Lipinski definition) is 10. The third-order valence-electron chi connectivity index (χ3n) is 4.87. The Bertz CT molecular complexity index is 513. The van der Waals surface area contributed by atoms with Crippen LogP contribution in [0.2, 0.25) is 0 Å². The fourth-order valence-electron chi connectivity index (χ4n) is 3.64. The normalized spacial score (nSPS) is 48.1. The zero-order valence-electron chi connectivity index (χ0n) is 15.4. The first-order valence-electron chi connectivity index (χ1n) is 8.81. The van der Waals surface area contributed by atoms with E-state index in [0.29, 0.717) is 6.61 Å². The van der Waals surface area contributed by atoms with Crippen LogP contribution in [-0.2, 0) is 32.5 Å². The first-order chi connectivity index (χ1) is 12.2. The molecule has 3 aliphatic heterocycles. The van der Waals surface area contributed by atoms with Gasteiger partial charge in [0.05, 0.1) is 0 Å². The summed E-state index contributed by atoms with van der Waals surface area (Å²) in [5.41, 5.74) is 0. The summed E-state index contributed by atoms with van der Waals surface area (Å²) in [5, 5.41) is 10.1. The summed E-state index contributed by atoms with van der Waals surface area (Å²) >= 11 is 0. The van der Waals surface area contributed by atoms with Crippen LogP contribution in [0.3, 0.4) is 0 Å². The first kappa shape index (κ1) is 20.9. The molecule has 2 unspecified atom stereocenters. The van der Waals surface area contributed by atoms with E-state index in [-0.39, 0.29) is 13.2 Å². The maximum atomic E-state index is 10.6. The van der Waals surface area contributed by atoms with E-state index in [4.69, 9.17) is 32.5 Å². The molecule has 3 aliphatic rings. The molecule has 3 N–H and O–H groups in total. The second-order valence-corrected chi connectivity index (χ2v) is 9.15. The molecule has 26 heavy (non-hydrogen) atoms. The number of aliphatic hydroxyl groups is 1. The van der Waals surface area contributed by atoms with Gasteiger partial charge in [-0.2, -0.15) is 0 Å². The molecule has 0 spiro atoms. The van der Waals surface area contributed by atoms with Crippen molar-refractivity contribution in [2.75, 3.05) is 26.9 Å². The van der Waals surface area contributed by atoms with Gasteiger partial charge in [0.25, 0.3) is 0 Å². The van der Waals surface area contributed by atoms with Gasteiger partial charge < -0.3 is 0 Å². The van der Waals surface area contributed by atoms with Crippen molar-refractivity contribution in [2.24, 2.45) is 0 Å². The second-order valence-electron chi connectivity index (χ2n) is 6.86. The van der Waals surface area contributed by atoms with Gasteiger partial charge in [0.1, 0.15) is 0 Å². The molecule has 10 nitrogen and oxygen atoms in total. The van der Waals surface area contributed by atoms with E-state index < -0.39 is 56.4 Å². The Morgan fingerprint density at radius 1 is 1.00 bits per heavy atom. The van der Waals surface area contributed by atoms with Crippen molar-refractivity contribution in [3.05, 3.63) is 0 Å². The standard InChI is InChI=1S/C13H27B2O10P/c1-3-20-9-7(22-12(14)8(9)16)5-21-26(17,18)24-10-6(4-19-2)23-13(15)11(10)25-26/h6-13,16-18H,3-5,14-15H2,1-2H3/t6-,7-,8+,9?,10?,11+,12-,13-/m1/s1. The Hall–Kier alpha value is 0.160. The van der Waals surface area contributed by atoms with Gasteiger partial charge in [-0.1, -0.05) is 0 Å². The van der Waals surface area contributed by atoms with Gasteiger partial charge in [-0.05, 0) is 0 Å². The molecule has 0 bridgehead atoms. The Balaban J connectivity index is 1.65. The van der Waals surface area contributed by atoms with Gasteiger partial charge >= 0.3 is 153 Å². The zero-order valence-corrected chi connectivity index (χ0v) is 16.3. The third-order valence-corrected chi connectivity index (χ3v) is 6.67. The third kappa shape index (κ3) is 3.97. The van der Waals surface area contributed by atoms with Crippen molar-refractivity contribution >= 4 is 23.4 Å². The fraction of sp³-hybridized carbons (Fsp3) is 1.00. The molecule has 13 heteroatoms. The van der Waals surface area contributed by atoms with Gasteiger partial charge in [0.2, 0.25) is 0 Å². The maximum absolute atomic E-state index is 10.6. The van der Waals surface area contributed by atoms with Gasteiger partial charge in [0, 0.05) is 0 Å². The van der Waals surface area contributed by atoms with E-state index in [2.05, 4.69) is 0 Å². The summed E-state index contributed by atoms with van der Waals surface area (Å²) in [6, 6.07) is -0.873. The minimum absolute atomic E-state index is 0.225. The monoisotopic (exact) mass is 396 g/mol. The molecule has 3 heterocycles. The van der Waals surface area contributed by atoms with Crippen LogP contribution in [0.4, 0.5) is 0 Å². The zero-order chi connectivity index (χ0) is 19.1. The van der Waals surface area contributed by atoms with E-state index >= 15 is 0 Å². The number of aliphatic hydroxyl groups excluding tert-OH is 1. The molecule has 0 aromatic carbocycles. The van der Waals surface area contributed by atoms with Crippen molar-refractivity contribution in [3.63, 3.8) is 0 Å².